The van der Waals surface area contributed by atoms with Gasteiger partial charge in [-0.1, -0.05) is 11.6 Å². The maximum atomic E-state index is 13.9. The summed E-state index contributed by atoms with van der Waals surface area (Å²) in [6.07, 6.45) is 1.38. The van der Waals surface area contributed by atoms with Gasteiger partial charge in [0, 0.05) is 37.4 Å². The van der Waals surface area contributed by atoms with E-state index in [4.69, 9.17) is 11.6 Å². The molecular weight excluding hydrogens is 407 g/mol. The van der Waals surface area contributed by atoms with Gasteiger partial charge in [0.2, 0.25) is 10.0 Å². The van der Waals surface area contributed by atoms with Crippen LogP contribution in [-0.4, -0.2) is 54.7 Å². The van der Waals surface area contributed by atoms with Crippen molar-refractivity contribution in [3.05, 3.63) is 58.6 Å². The van der Waals surface area contributed by atoms with Crippen LogP contribution in [0.15, 0.2) is 35.4 Å². The second kappa shape index (κ2) is 7.45. The number of aromatic nitrogens is 1. The monoisotopic (exact) mass is 419 g/mol. The van der Waals surface area contributed by atoms with Gasteiger partial charge in [-0.05, 0) is 24.3 Å². The molecule has 0 N–H and O–H groups in total. The fourth-order valence-corrected chi connectivity index (χ4v) is 4.30. The average molecular weight is 420 g/mol. The highest BCUT2D eigenvalue weighted by Gasteiger charge is 2.33. The molecule has 11 heteroatoms. The Labute approximate surface area is 158 Å². The number of benzene rings is 1. The van der Waals surface area contributed by atoms with E-state index in [0.29, 0.717) is 17.2 Å². The fraction of sp³-hybridized carbons (Fsp3) is 0.250. The first-order valence-corrected chi connectivity index (χ1v) is 9.58. The molecule has 27 heavy (non-hydrogen) atoms. The first kappa shape index (κ1) is 19.6. The van der Waals surface area contributed by atoms with Crippen LogP contribution in [0.2, 0.25) is 5.02 Å². The van der Waals surface area contributed by atoms with Crippen LogP contribution >= 0.6 is 11.6 Å². The van der Waals surface area contributed by atoms with E-state index in [1.54, 1.807) is 0 Å². The number of halogens is 4. The summed E-state index contributed by atoms with van der Waals surface area (Å²) < 4.78 is 66.2. The lowest BCUT2D eigenvalue weighted by Crippen LogP contribution is -2.50. The largest absolute Gasteiger partial charge is 0.335 e. The van der Waals surface area contributed by atoms with E-state index < -0.39 is 38.3 Å². The van der Waals surface area contributed by atoms with Crippen molar-refractivity contribution in [1.82, 2.24) is 14.2 Å². The highest BCUT2D eigenvalue weighted by molar-refractivity contribution is 7.89. The number of rotatable bonds is 3. The van der Waals surface area contributed by atoms with Gasteiger partial charge in [-0.3, -0.25) is 9.78 Å². The van der Waals surface area contributed by atoms with Crippen LogP contribution in [0.25, 0.3) is 0 Å². The number of piperazine rings is 1. The third-order valence-electron chi connectivity index (χ3n) is 4.08. The summed E-state index contributed by atoms with van der Waals surface area (Å²) in [6.45, 7) is -0.213. The quantitative estimate of drug-likeness (QED) is 0.716. The molecule has 0 unspecified atom stereocenters. The number of nitrogens with zero attached hydrogens (tertiary/aromatic N) is 3. The second-order valence-corrected chi connectivity index (χ2v) is 8.07. The molecule has 1 saturated heterocycles. The van der Waals surface area contributed by atoms with E-state index >= 15 is 0 Å². The molecule has 1 aromatic carbocycles. The lowest BCUT2D eigenvalue weighted by atomic mass is 10.3. The highest BCUT2D eigenvalue weighted by atomic mass is 35.5. The van der Waals surface area contributed by atoms with E-state index in [-0.39, 0.29) is 31.9 Å². The van der Waals surface area contributed by atoms with Crippen LogP contribution < -0.4 is 0 Å². The van der Waals surface area contributed by atoms with E-state index in [1.807, 2.05) is 0 Å². The first-order valence-electron chi connectivity index (χ1n) is 7.76. The minimum atomic E-state index is -4.38. The van der Waals surface area contributed by atoms with Gasteiger partial charge in [-0.2, -0.15) is 4.31 Å². The summed E-state index contributed by atoms with van der Waals surface area (Å²) in [5.74, 6) is -5.52. The maximum absolute atomic E-state index is 13.9. The molecule has 0 spiro atoms. The van der Waals surface area contributed by atoms with Crippen molar-refractivity contribution in [1.29, 1.82) is 0 Å². The van der Waals surface area contributed by atoms with Crippen LogP contribution in [0.4, 0.5) is 13.2 Å². The first-order chi connectivity index (χ1) is 12.7. The van der Waals surface area contributed by atoms with Crippen LogP contribution in [-0.2, 0) is 10.0 Å². The number of carbonyl (C=O) groups excluding carboxylic acids is 1. The summed E-state index contributed by atoms with van der Waals surface area (Å²) >= 11 is 5.83. The Balaban J connectivity index is 1.75. The third-order valence-corrected chi connectivity index (χ3v) is 6.24. The minimum Gasteiger partial charge on any atom is -0.335 e. The topological polar surface area (TPSA) is 70.6 Å². The summed E-state index contributed by atoms with van der Waals surface area (Å²) in [7, 11) is -4.38. The molecule has 2 aromatic rings. The lowest BCUT2D eigenvalue weighted by molar-refractivity contribution is 0.0692. The molecule has 0 radical (unpaired) electrons. The molecule has 0 saturated carbocycles. The average Bonchev–Trinajstić information content (AvgIpc) is 2.65. The predicted molar refractivity (Wildman–Crippen MR) is 90.2 cm³/mol. The van der Waals surface area contributed by atoms with Gasteiger partial charge in [0.15, 0.2) is 17.5 Å². The van der Waals surface area contributed by atoms with E-state index in [9.17, 15) is 26.4 Å². The molecule has 1 fully saturated rings. The van der Waals surface area contributed by atoms with Crippen molar-refractivity contribution in [2.24, 2.45) is 0 Å². The Morgan fingerprint density at radius 2 is 1.70 bits per heavy atom. The number of amides is 1. The molecule has 6 nitrogen and oxygen atoms in total. The van der Waals surface area contributed by atoms with Gasteiger partial charge < -0.3 is 4.90 Å². The van der Waals surface area contributed by atoms with Gasteiger partial charge >= 0.3 is 0 Å². The molecule has 1 aromatic heterocycles. The number of pyridine rings is 1. The highest BCUT2D eigenvalue weighted by Crippen LogP contribution is 2.24. The fourth-order valence-electron chi connectivity index (χ4n) is 2.66. The summed E-state index contributed by atoms with van der Waals surface area (Å²) in [5.41, 5.74) is 0.116. The van der Waals surface area contributed by atoms with Crippen LogP contribution in [0, 0.1) is 17.5 Å². The Morgan fingerprint density at radius 3 is 2.33 bits per heavy atom. The van der Waals surface area contributed by atoms with Crippen molar-refractivity contribution >= 4 is 27.5 Å². The minimum absolute atomic E-state index is 0.0253. The second-order valence-electron chi connectivity index (χ2n) is 5.73. The van der Waals surface area contributed by atoms with Gasteiger partial charge in [0.1, 0.15) is 10.6 Å². The zero-order valence-corrected chi connectivity index (χ0v) is 15.3. The molecular formula is C16H13ClF3N3O3S. The van der Waals surface area contributed by atoms with Crippen molar-refractivity contribution in [3.63, 3.8) is 0 Å². The Morgan fingerprint density at radius 1 is 1.04 bits per heavy atom. The molecule has 144 valence electrons. The number of carbonyl (C=O) groups is 1. The SMILES string of the molecule is O=C(c1cc(Cl)ccn1)N1CCN(S(=O)(=O)c2ccc(F)c(F)c2F)CC1. The van der Waals surface area contributed by atoms with E-state index in [2.05, 4.69) is 4.98 Å². The van der Waals surface area contributed by atoms with Gasteiger partial charge in [-0.15, -0.1) is 0 Å². The number of hydrogen-bond acceptors (Lipinski definition) is 4. The summed E-state index contributed by atoms with van der Waals surface area (Å²) in [5, 5.41) is 0.336. The number of sulfonamides is 1. The molecule has 3 rings (SSSR count). The summed E-state index contributed by atoms with van der Waals surface area (Å²) in [4.78, 5) is 16.8. The third kappa shape index (κ3) is 3.78. The summed E-state index contributed by atoms with van der Waals surface area (Å²) in [6, 6.07) is 4.13. The molecule has 0 aliphatic carbocycles. The van der Waals surface area contributed by atoms with Gasteiger partial charge in [0.05, 0.1) is 0 Å². The molecule has 2 heterocycles. The normalized spacial score (nSPS) is 15.8. The lowest BCUT2D eigenvalue weighted by Gasteiger charge is -2.33. The molecule has 1 aliphatic heterocycles. The van der Waals surface area contributed by atoms with Gasteiger partial charge in [-0.25, -0.2) is 21.6 Å². The predicted octanol–water partition coefficient (Wildman–Crippen LogP) is 2.30. The van der Waals surface area contributed by atoms with Crippen LogP contribution in [0.5, 0.6) is 0 Å². The standard InChI is InChI=1S/C16H13ClF3N3O3S/c17-10-3-4-21-12(9-10)16(24)22-5-7-23(8-6-22)27(25,26)13-2-1-11(18)14(19)15(13)20/h1-4,9H,5-8H2. The Kier molecular flexibility index (Phi) is 5.41. The van der Waals surface area contributed by atoms with E-state index in [0.717, 1.165) is 4.31 Å². The molecule has 0 atom stereocenters. The van der Waals surface area contributed by atoms with Crippen LogP contribution in [0.3, 0.4) is 0 Å². The van der Waals surface area contributed by atoms with Crippen molar-refractivity contribution in [3.8, 4) is 0 Å². The Bertz CT molecular complexity index is 996. The molecule has 1 aliphatic rings. The van der Waals surface area contributed by atoms with Crippen molar-refractivity contribution in [2.45, 2.75) is 4.90 Å². The van der Waals surface area contributed by atoms with Crippen molar-refractivity contribution in [2.75, 3.05) is 26.2 Å². The van der Waals surface area contributed by atoms with Gasteiger partial charge in [0.25, 0.3) is 5.91 Å². The number of hydrogen-bond donors (Lipinski definition) is 0. The maximum Gasteiger partial charge on any atom is 0.272 e. The molecule has 1 amide bonds. The Hall–Kier alpha value is -2.17. The zero-order valence-electron chi connectivity index (χ0n) is 13.7. The smallest absolute Gasteiger partial charge is 0.272 e. The van der Waals surface area contributed by atoms with E-state index in [1.165, 1.54) is 23.2 Å². The zero-order chi connectivity index (χ0) is 19.8. The van der Waals surface area contributed by atoms with Crippen molar-refractivity contribution < 1.29 is 26.4 Å². The van der Waals surface area contributed by atoms with Crippen LogP contribution in [0.1, 0.15) is 10.5 Å². The molecule has 0 bridgehead atoms.